The summed E-state index contributed by atoms with van der Waals surface area (Å²) < 4.78 is 0. The van der Waals surface area contributed by atoms with Gasteiger partial charge in [-0.25, -0.2) is 0 Å². The fraction of sp³-hybridized carbons (Fsp3) is 1.00. The molecule has 0 aromatic rings. The van der Waals surface area contributed by atoms with E-state index in [1.807, 2.05) is 0 Å². The average Bonchev–Trinajstić information content (AvgIpc) is 2.29. The molecule has 0 aromatic heterocycles. The molecule has 1 rings (SSSR count). The van der Waals surface area contributed by atoms with E-state index in [-0.39, 0.29) is 0 Å². The van der Waals surface area contributed by atoms with Gasteiger partial charge in [0.15, 0.2) is 0 Å². The van der Waals surface area contributed by atoms with Gasteiger partial charge in [0.25, 0.3) is 0 Å². The third-order valence-electron chi connectivity index (χ3n) is 4.65. The van der Waals surface area contributed by atoms with E-state index >= 15 is 0 Å². The Hall–Kier alpha value is -0.0400. The predicted molar refractivity (Wildman–Crippen MR) is 86.6 cm³/mol. The van der Waals surface area contributed by atoms with Gasteiger partial charge in [0.2, 0.25) is 0 Å². The van der Waals surface area contributed by atoms with Crippen LogP contribution in [0.5, 0.6) is 0 Å². The lowest BCUT2D eigenvalue weighted by Crippen LogP contribution is -2.43. The molecule has 1 N–H and O–H groups in total. The van der Waals surface area contributed by atoms with Gasteiger partial charge in [-0.1, -0.05) is 58.3 Å². The lowest BCUT2D eigenvalue weighted by atomic mass is 9.71. The van der Waals surface area contributed by atoms with E-state index in [0.29, 0.717) is 5.54 Å². The monoisotopic (exact) mass is 267 g/mol. The van der Waals surface area contributed by atoms with Crippen molar-refractivity contribution in [3.8, 4) is 0 Å². The fourth-order valence-electron chi connectivity index (χ4n) is 3.09. The van der Waals surface area contributed by atoms with Crippen LogP contribution in [0.4, 0.5) is 0 Å². The summed E-state index contributed by atoms with van der Waals surface area (Å²) in [5, 5.41) is 3.68. The number of unbranched alkanes of at least 4 members (excludes halogenated alkanes) is 6. The Morgan fingerprint density at radius 3 is 1.95 bits per heavy atom. The van der Waals surface area contributed by atoms with Crippen LogP contribution in [0.3, 0.4) is 0 Å². The summed E-state index contributed by atoms with van der Waals surface area (Å²) in [4.78, 5) is 0. The zero-order valence-corrected chi connectivity index (χ0v) is 13.9. The molecule has 0 spiro atoms. The van der Waals surface area contributed by atoms with Crippen LogP contribution in [-0.2, 0) is 0 Å². The molecule has 1 fully saturated rings. The minimum atomic E-state index is 0.291. The van der Waals surface area contributed by atoms with Crippen LogP contribution in [-0.4, -0.2) is 12.1 Å². The Balaban J connectivity index is 1.95. The highest BCUT2D eigenvalue weighted by Crippen LogP contribution is 2.37. The van der Waals surface area contributed by atoms with Crippen LogP contribution in [0.1, 0.15) is 91.9 Å². The summed E-state index contributed by atoms with van der Waals surface area (Å²) in [5.74, 6) is 2.00. The van der Waals surface area contributed by atoms with E-state index in [1.54, 1.807) is 0 Å². The maximum atomic E-state index is 3.68. The van der Waals surface area contributed by atoms with Crippen molar-refractivity contribution in [2.45, 2.75) is 97.4 Å². The van der Waals surface area contributed by atoms with Crippen molar-refractivity contribution in [2.75, 3.05) is 6.54 Å². The van der Waals surface area contributed by atoms with E-state index < -0.39 is 0 Å². The highest BCUT2D eigenvalue weighted by atomic mass is 14.9. The third-order valence-corrected chi connectivity index (χ3v) is 4.65. The van der Waals surface area contributed by atoms with E-state index in [2.05, 4.69) is 33.0 Å². The van der Waals surface area contributed by atoms with Crippen molar-refractivity contribution >= 4 is 0 Å². The van der Waals surface area contributed by atoms with Crippen molar-refractivity contribution in [3.63, 3.8) is 0 Å². The molecule has 0 bridgehead atoms. The minimum Gasteiger partial charge on any atom is -0.312 e. The van der Waals surface area contributed by atoms with Gasteiger partial charge in [0, 0.05) is 5.54 Å². The zero-order chi connectivity index (χ0) is 14.1. The molecule has 0 amide bonds. The van der Waals surface area contributed by atoms with Gasteiger partial charge in [-0.2, -0.15) is 0 Å². The Bertz CT molecular complexity index is 216. The molecule has 1 heteroatoms. The lowest BCUT2D eigenvalue weighted by Gasteiger charge is -2.39. The SMILES string of the molecule is CCCCCCCCCC1CCC1CNC(C)(C)C. The summed E-state index contributed by atoms with van der Waals surface area (Å²) in [6.07, 6.45) is 14.6. The number of rotatable bonds is 10. The first-order valence-corrected chi connectivity index (χ1v) is 8.78. The normalized spacial score (nSPS) is 23.4. The molecule has 1 aliphatic carbocycles. The fourth-order valence-corrected chi connectivity index (χ4v) is 3.09. The first kappa shape index (κ1) is 17.0. The van der Waals surface area contributed by atoms with E-state index in [1.165, 1.54) is 70.8 Å². The molecule has 114 valence electrons. The van der Waals surface area contributed by atoms with Gasteiger partial charge in [-0.3, -0.25) is 0 Å². The summed E-state index contributed by atoms with van der Waals surface area (Å²) in [6.45, 7) is 10.4. The Morgan fingerprint density at radius 2 is 1.42 bits per heavy atom. The first-order chi connectivity index (χ1) is 9.03. The quantitative estimate of drug-likeness (QED) is 0.512. The van der Waals surface area contributed by atoms with Gasteiger partial charge < -0.3 is 5.32 Å². The summed E-state index contributed by atoms with van der Waals surface area (Å²) in [6, 6.07) is 0. The Kier molecular flexibility index (Phi) is 8.06. The second kappa shape index (κ2) is 9.00. The van der Waals surface area contributed by atoms with Crippen LogP contribution < -0.4 is 5.32 Å². The van der Waals surface area contributed by atoms with Crippen LogP contribution in [0.2, 0.25) is 0 Å². The van der Waals surface area contributed by atoms with Gasteiger partial charge in [0.1, 0.15) is 0 Å². The zero-order valence-electron chi connectivity index (χ0n) is 13.9. The smallest absolute Gasteiger partial charge is 0.00966 e. The van der Waals surface area contributed by atoms with Crippen LogP contribution in [0.25, 0.3) is 0 Å². The van der Waals surface area contributed by atoms with Crippen LogP contribution >= 0.6 is 0 Å². The molecule has 0 saturated heterocycles. The second-order valence-electron chi connectivity index (χ2n) is 7.64. The van der Waals surface area contributed by atoms with Gasteiger partial charge in [-0.15, -0.1) is 0 Å². The minimum absolute atomic E-state index is 0.291. The van der Waals surface area contributed by atoms with Crippen molar-refractivity contribution in [1.82, 2.24) is 5.32 Å². The molecule has 0 aromatic carbocycles. The molecule has 1 saturated carbocycles. The standard InChI is InChI=1S/C18H37N/c1-5-6-7-8-9-10-11-12-16-13-14-17(16)15-19-18(2,3)4/h16-17,19H,5-15H2,1-4H3. The van der Waals surface area contributed by atoms with E-state index in [0.717, 1.165) is 11.8 Å². The van der Waals surface area contributed by atoms with Crippen molar-refractivity contribution in [3.05, 3.63) is 0 Å². The van der Waals surface area contributed by atoms with Crippen molar-refractivity contribution in [2.24, 2.45) is 11.8 Å². The lowest BCUT2D eigenvalue weighted by molar-refractivity contribution is 0.146. The first-order valence-electron chi connectivity index (χ1n) is 8.78. The van der Waals surface area contributed by atoms with Crippen molar-refractivity contribution in [1.29, 1.82) is 0 Å². The van der Waals surface area contributed by atoms with Gasteiger partial charge >= 0.3 is 0 Å². The molecule has 1 nitrogen and oxygen atoms in total. The molecule has 0 aliphatic heterocycles. The molecule has 1 aliphatic rings. The average molecular weight is 268 g/mol. The van der Waals surface area contributed by atoms with Crippen LogP contribution in [0, 0.1) is 11.8 Å². The number of hydrogen-bond donors (Lipinski definition) is 1. The largest absolute Gasteiger partial charge is 0.312 e. The Morgan fingerprint density at radius 1 is 0.842 bits per heavy atom. The molecular weight excluding hydrogens is 230 g/mol. The molecule has 0 radical (unpaired) electrons. The molecule has 2 unspecified atom stereocenters. The second-order valence-corrected chi connectivity index (χ2v) is 7.64. The van der Waals surface area contributed by atoms with Crippen LogP contribution in [0.15, 0.2) is 0 Å². The Labute approximate surface area is 121 Å². The number of hydrogen-bond acceptors (Lipinski definition) is 1. The predicted octanol–water partition coefficient (Wildman–Crippen LogP) is 5.54. The van der Waals surface area contributed by atoms with Gasteiger partial charge in [-0.05, 0) is 52.0 Å². The van der Waals surface area contributed by atoms with E-state index in [4.69, 9.17) is 0 Å². The van der Waals surface area contributed by atoms with Gasteiger partial charge in [0.05, 0.1) is 0 Å². The maximum Gasteiger partial charge on any atom is 0.00966 e. The summed E-state index contributed by atoms with van der Waals surface area (Å²) in [7, 11) is 0. The molecule has 19 heavy (non-hydrogen) atoms. The summed E-state index contributed by atoms with van der Waals surface area (Å²) in [5.41, 5.74) is 0.291. The van der Waals surface area contributed by atoms with Crippen molar-refractivity contribution < 1.29 is 0 Å². The molecule has 0 heterocycles. The number of nitrogens with one attached hydrogen (secondary N) is 1. The maximum absolute atomic E-state index is 3.68. The highest BCUT2D eigenvalue weighted by molar-refractivity contribution is 4.84. The topological polar surface area (TPSA) is 12.0 Å². The third kappa shape index (κ3) is 7.97. The molecular formula is C18H37N. The summed E-state index contributed by atoms with van der Waals surface area (Å²) >= 11 is 0. The molecule has 2 atom stereocenters. The highest BCUT2D eigenvalue weighted by Gasteiger charge is 2.30. The van der Waals surface area contributed by atoms with E-state index in [9.17, 15) is 0 Å².